The zero-order chi connectivity index (χ0) is 37.9. The van der Waals surface area contributed by atoms with Crippen LogP contribution in [0.2, 0.25) is 0 Å². The lowest BCUT2D eigenvalue weighted by atomic mass is 9.98. The van der Waals surface area contributed by atoms with Gasteiger partial charge in [0.2, 0.25) is 0 Å². The van der Waals surface area contributed by atoms with E-state index in [-0.39, 0.29) is 0 Å². The van der Waals surface area contributed by atoms with E-state index in [1.165, 1.54) is 38.1 Å². The van der Waals surface area contributed by atoms with Crippen LogP contribution < -0.4 is 0 Å². The summed E-state index contributed by atoms with van der Waals surface area (Å²) >= 11 is 0. The van der Waals surface area contributed by atoms with E-state index in [1.54, 1.807) is 0 Å². The largest absolute Gasteiger partial charge is 0.309 e. The maximum atomic E-state index is 5.10. The highest BCUT2D eigenvalue weighted by Crippen LogP contribution is 2.42. The van der Waals surface area contributed by atoms with Gasteiger partial charge in [-0.1, -0.05) is 145 Å². The zero-order valence-electron chi connectivity index (χ0n) is 31.2. The second-order valence-electron chi connectivity index (χ2n) is 14.6. The molecular formula is C52H35N5. The number of para-hydroxylation sites is 3. The summed E-state index contributed by atoms with van der Waals surface area (Å²) < 4.78 is 4.84. The second kappa shape index (κ2) is 13.3. The van der Waals surface area contributed by atoms with Crippen LogP contribution in [0, 0.1) is 6.92 Å². The molecule has 0 bridgehead atoms. The second-order valence-corrected chi connectivity index (χ2v) is 14.6. The summed E-state index contributed by atoms with van der Waals surface area (Å²) in [5.74, 6) is 1.91. The highest BCUT2D eigenvalue weighted by Gasteiger charge is 2.21. The SMILES string of the molecule is Cc1cccc(-c2cc(-c3nc(-c4ccccc4)nc(-c4ccccc4)n3)ccc2-n2c3ccccc3c3cc4c(cc32)c2ccccc2n4-c2ccccc2)c1. The Balaban J connectivity index is 1.19. The molecule has 11 rings (SSSR count). The molecule has 0 N–H and O–H groups in total. The smallest absolute Gasteiger partial charge is 0.164 e. The number of aryl methyl sites for hydroxylation is 1. The van der Waals surface area contributed by atoms with Crippen LogP contribution in [0.15, 0.2) is 194 Å². The van der Waals surface area contributed by atoms with Gasteiger partial charge in [-0.25, -0.2) is 15.0 Å². The quantitative estimate of drug-likeness (QED) is 0.171. The van der Waals surface area contributed by atoms with Crippen molar-refractivity contribution in [2.75, 3.05) is 0 Å². The van der Waals surface area contributed by atoms with Crippen LogP contribution in [0.4, 0.5) is 0 Å². The zero-order valence-corrected chi connectivity index (χ0v) is 31.2. The van der Waals surface area contributed by atoms with Gasteiger partial charge in [0, 0.05) is 49.5 Å². The number of hydrogen-bond donors (Lipinski definition) is 0. The van der Waals surface area contributed by atoms with Crippen LogP contribution in [0.1, 0.15) is 5.56 Å². The molecule has 11 aromatic rings. The van der Waals surface area contributed by atoms with Gasteiger partial charge in [-0.2, -0.15) is 0 Å². The minimum atomic E-state index is 0.626. The van der Waals surface area contributed by atoms with Crippen molar-refractivity contribution in [3.05, 3.63) is 200 Å². The third-order valence-electron chi connectivity index (χ3n) is 11.0. The summed E-state index contributed by atoms with van der Waals surface area (Å²) in [5, 5.41) is 4.85. The van der Waals surface area contributed by atoms with E-state index in [4.69, 9.17) is 15.0 Å². The number of rotatable bonds is 6. The van der Waals surface area contributed by atoms with Crippen molar-refractivity contribution in [2.24, 2.45) is 0 Å². The molecule has 268 valence electrons. The Hall–Kier alpha value is -7.63. The maximum Gasteiger partial charge on any atom is 0.164 e. The predicted octanol–water partition coefficient (Wildman–Crippen LogP) is 13.0. The van der Waals surface area contributed by atoms with Crippen LogP contribution in [0.5, 0.6) is 0 Å². The van der Waals surface area contributed by atoms with Crippen molar-refractivity contribution in [3.63, 3.8) is 0 Å². The van der Waals surface area contributed by atoms with Gasteiger partial charge < -0.3 is 9.13 Å². The Bertz CT molecular complexity index is 3230. The molecule has 0 saturated carbocycles. The molecular weight excluding hydrogens is 695 g/mol. The molecule has 0 aliphatic rings. The van der Waals surface area contributed by atoms with E-state index in [0.29, 0.717) is 17.5 Å². The number of benzene rings is 8. The molecule has 0 aliphatic heterocycles. The monoisotopic (exact) mass is 729 g/mol. The van der Waals surface area contributed by atoms with Gasteiger partial charge in [0.1, 0.15) is 0 Å². The van der Waals surface area contributed by atoms with Gasteiger partial charge in [0.05, 0.1) is 27.8 Å². The van der Waals surface area contributed by atoms with E-state index in [2.05, 4.69) is 150 Å². The molecule has 0 radical (unpaired) electrons. The molecule has 0 amide bonds. The van der Waals surface area contributed by atoms with Crippen LogP contribution in [-0.2, 0) is 0 Å². The minimum Gasteiger partial charge on any atom is -0.309 e. The fraction of sp³-hybridized carbons (Fsp3) is 0.0192. The van der Waals surface area contributed by atoms with Crippen molar-refractivity contribution in [3.8, 4) is 56.7 Å². The van der Waals surface area contributed by atoms with Gasteiger partial charge >= 0.3 is 0 Å². The fourth-order valence-corrected chi connectivity index (χ4v) is 8.40. The van der Waals surface area contributed by atoms with Gasteiger partial charge in [-0.05, 0) is 67.1 Å². The number of fused-ring (bicyclic) bond motifs is 6. The Morgan fingerprint density at radius 2 is 0.825 bits per heavy atom. The molecule has 5 nitrogen and oxygen atoms in total. The summed E-state index contributed by atoms with van der Waals surface area (Å²) in [6.45, 7) is 2.15. The molecule has 5 heteroatoms. The van der Waals surface area contributed by atoms with E-state index >= 15 is 0 Å². The van der Waals surface area contributed by atoms with E-state index in [9.17, 15) is 0 Å². The van der Waals surface area contributed by atoms with Gasteiger partial charge in [-0.3, -0.25) is 0 Å². The average Bonchev–Trinajstić information content (AvgIpc) is 3.78. The first-order chi connectivity index (χ1) is 28.2. The first-order valence-corrected chi connectivity index (χ1v) is 19.3. The molecule has 0 atom stereocenters. The highest BCUT2D eigenvalue weighted by molar-refractivity contribution is 6.19. The summed E-state index contributed by atoms with van der Waals surface area (Å²) in [6.07, 6.45) is 0. The summed E-state index contributed by atoms with van der Waals surface area (Å²) in [4.78, 5) is 15.2. The lowest BCUT2D eigenvalue weighted by Crippen LogP contribution is -2.02. The summed E-state index contributed by atoms with van der Waals surface area (Å²) in [6, 6.07) is 68.6. The first kappa shape index (κ1) is 32.8. The Morgan fingerprint density at radius 1 is 0.333 bits per heavy atom. The van der Waals surface area contributed by atoms with Crippen molar-refractivity contribution < 1.29 is 0 Å². The third kappa shape index (κ3) is 5.51. The van der Waals surface area contributed by atoms with Crippen molar-refractivity contribution in [2.45, 2.75) is 6.92 Å². The lowest BCUT2D eigenvalue weighted by Gasteiger charge is -2.17. The Labute approximate surface area is 329 Å². The van der Waals surface area contributed by atoms with E-state index < -0.39 is 0 Å². The predicted molar refractivity (Wildman–Crippen MR) is 235 cm³/mol. The van der Waals surface area contributed by atoms with Crippen LogP contribution in [-0.4, -0.2) is 24.1 Å². The summed E-state index contributed by atoms with van der Waals surface area (Å²) in [5.41, 5.74) is 13.1. The topological polar surface area (TPSA) is 48.5 Å². The number of hydrogen-bond acceptors (Lipinski definition) is 3. The Kier molecular flexibility index (Phi) is 7.64. The van der Waals surface area contributed by atoms with Crippen LogP contribution in [0.25, 0.3) is 100 Å². The molecule has 57 heavy (non-hydrogen) atoms. The standard InChI is InChI=1S/C52H35N5/c1-34-16-15-21-37(30-34)42-31-38(52-54-50(35-17-5-2-6-18-35)53-51(55-52)36-19-7-3-8-20-36)28-29-47(42)57-46-27-14-12-25-41(46)44-32-48-43(33-49(44)57)40-24-11-13-26-45(40)56(48)39-22-9-4-10-23-39/h2-33H,1H3. The summed E-state index contributed by atoms with van der Waals surface area (Å²) in [7, 11) is 0. The lowest BCUT2D eigenvalue weighted by molar-refractivity contribution is 1.07. The molecule has 0 fully saturated rings. The first-order valence-electron chi connectivity index (χ1n) is 19.3. The molecule has 0 unspecified atom stereocenters. The van der Waals surface area contributed by atoms with E-state index in [0.717, 1.165) is 50.2 Å². The van der Waals surface area contributed by atoms with E-state index in [1.807, 2.05) is 60.7 Å². The third-order valence-corrected chi connectivity index (χ3v) is 11.0. The minimum absolute atomic E-state index is 0.626. The highest BCUT2D eigenvalue weighted by atomic mass is 15.0. The molecule has 8 aromatic carbocycles. The molecule has 0 aliphatic carbocycles. The molecule has 3 heterocycles. The van der Waals surface area contributed by atoms with Crippen molar-refractivity contribution in [1.29, 1.82) is 0 Å². The van der Waals surface area contributed by atoms with Crippen molar-refractivity contribution in [1.82, 2.24) is 24.1 Å². The van der Waals surface area contributed by atoms with Gasteiger partial charge in [0.15, 0.2) is 17.5 Å². The normalized spacial score (nSPS) is 11.6. The van der Waals surface area contributed by atoms with Crippen LogP contribution in [0.3, 0.4) is 0 Å². The molecule has 0 saturated heterocycles. The fourth-order valence-electron chi connectivity index (χ4n) is 8.40. The van der Waals surface area contributed by atoms with Crippen molar-refractivity contribution >= 4 is 43.6 Å². The van der Waals surface area contributed by atoms with Crippen LogP contribution >= 0.6 is 0 Å². The maximum absolute atomic E-state index is 5.10. The number of aromatic nitrogens is 5. The van der Waals surface area contributed by atoms with Gasteiger partial charge in [0.25, 0.3) is 0 Å². The Morgan fingerprint density at radius 3 is 1.42 bits per heavy atom. The van der Waals surface area contributed by atoms with Gasteiger partial charge in [-0.15, -0.1) is 0 Å². The average molecular weight is 730 g/mol. The molecule has 0 spiro atoms. The number of nitrogens with zero attached hydrogens (tertiary/aromatic N) is 5. The molecule has 3 aromatic heterocycles.